The second kappa shape index (κ2) is 5.53. The lowest BCUT2D eigenvalue weighted by atomic mass is 10.2. The van der Waals surface area contributed by atoms with Crippen LogP contribution in [0.4, 0.5) is 19.0 Å². The van der Waals surface area contributed by atoms with Gasteiger partial charge in [0.1, 0.15) is 17.6 Å². The Morgan fingerprint density at radius 3 is 2.74 bits per heavy atom. The maximum absolute atomic E-state index is 12.9. The van der Waals surface area contributed by atoms with E-state index in [1.807, 2.05) is 6.07 Å². The predicted octanol–water partition coefficient (Wildman–Crippen LogP) is 3.01. The van der Waals surface area contributed by atoms with E-state index >= 15 is 0 Å². The summed E-state index contributed by atoms with van der Waals surface area (Å²) in [5, 5.41) is 13.0. The summed E-state index contributed by atoms with van der Waals surface area (Å²) in [6, 6.07) is 3.49. The SMILES string of the molecule is Cc1nc([C@@H]2CCCN2c2nc(C(F)(F)F)ccc2C#N)no1. The third-order valence-electron chi connectivity index (χ3n) is 3.65. The van der Waals surface area contributed by atoms with Gasteiger partial charge in [-0.2, -0.15) is 23.4 Å². The van der Waals surface area contributed by atoms with E-state index in [1.54, 1.807) is 11.8 Å². The van der Waals surface area contributed by atoms with Crippen LogP contribution in [0.25, 0.3) is 0 Å². The minimum Gasteiger partial charge on any atom is -0.345 e. The van der Waals surface area contributed by atoms with Crippen LogP contribution in [-0.4, -0.2) is 21.7 Å². The highest BCUT2D eigenvalue weighted by molar-refractivity contribution is 5.56. The molecule has 0 aliphatic carbocycles. The normalized spacial score (nSPS) is 18.2. The number of halogens is 3. The van der Waals surface area contributed by atoms with Gasteiger partial charge in [-0.3, -0.25) is 0 Å². The molecule has 2 aromatic rings. The molecule has 1 atom stereocenters. The quantitative estimate of drug-likeness (QED) is 0.845. The Kier molecular flexibility index (Phi) is 3.67. The van der Waals surface area contributed by atoms with E-state index in [0.29, 0.717) is 24.7 Å². The lowest BCUT2D eigenvalue weighted by Gasteiger charge is -2.24. The smallest absolute Gasteiger partial charge is 0.345 e. The molecular weight excluding hydrogens is 311 g/mol. The van der Waals surface area contributed by atoms with Crippen molar-refractivity contribution >= 4 is 5.82 Å². The Bertz CT molecular complexity index is 765. The molecule has 0 N–H and O–H groups in total. The zero-order chi connectivity index (χ0) is 16.6. The third kappa shape index (κ3) is 2.84. The lowest BCUT2D eigenvalue weighted by Crippen LogP contribution is -2.26. The highest BCUT2D eigenvalue weighted by Gasteiger charge is 2.36. The van der Waals surface area contributed by atoms with E-state index in [4.69, 9.17) is 4.52 Å². The molecule has 1 saturated heterocycles. The van der Waals surface area contributed by atoms with Gasteiger partial charge in [-0.25, -0.2) is 4.98 Å². The first kappa shape index (κ1) is 15.3. The average molecular weight is 323 g/mol. The van der Waals surface area contributed by atoms with Crippen LogP contribution in [0.3, 0.4) is 0 Å². The molecule has 1 fully saturated rings. The Morgan fingerprint density at radius 1 is 1.35 bits per heavy atom. The van der Waals surface area contributed by atoms with E-state index in [1.165, 1.54) is 0 Å². The molecule has 0 bridgehead atoms. The van der Waals surface area contributed by atoms with Gasteiger partial charge in [0.15, 0.2) is 5.82 Å². The summed E-state index contributed by atoms with van der Waals surface area (Å²) < 4.78 is 43.7. The second-order valence-electron chi connectivity index (χ2n) is 5.20. The summed E-state index contributed by atoms with van der Waals surface area (Å²) >= 11 is 0. The molecule has 6 nitrogen and oxygen atoms in total. The van der Waals surface area contributed by atoms with E-state index < -0.39 is 11.9 Å². The number of nitriles is 1. The molecule has 1 aliphatic heterocycles. The van der Waals surface area contributed by atoms with Crippen molar-refractivity contribution in [2.45, 2.75) is 32.0 Å². The summed E-state index contributed by atoms with van der Waals surface area (Å²) in [7, 11) is 0. The Hall–Kier alpha value is -2.63. The molecule has 1 aliphatic rings. The zero-order valence-corrected chi connectivity index (χ0v) is 12.1. The van der Waals surface area contributed by atoms with E-state index in [0.717, 1.165) is 18.6 Å². The van der Waals surface area contributed by atoms with Crippen molar-refractivity contribution < 1.29 is 17.7 Å². The summed E-state index contributed by atoms with van der Waals surface area (Å²) in [5.74, 6) is 0.778. The standard InChI is InChI=1S/C14H12F3N5O/c1-8-19-12(21-23-8)10-3-2-6-22(10)13-9(7-18)4-5-11(20-13)14(15,16)17/h4-5,10H,2-3,6H2,1H3/t10-/m0/s1. The number of alkyl halides is 3. The molecule has 2 aromatic heterocycles. The molecule has 0 saturated carbocycles. The fourth-order valence-corrected chi connectivity index (χ4v) is 2.65. The van der Waals surface area contributed by atoms with Crippen LogP contribution in [0.1, 0.15) is 41.9 Å². The number of hydrogen-bond donors (Lipinski definition) is 0. The van der Waals surface area contributed by atoms with Crippen molar-refractivity contribution in [3.63, 3.8) is 0 Å². The van der Waals surface area contributed by atoms with Gasteiger partial charge in [0.25, 0.3) is 0 Å². The topological polar surface area (TPSA) is 78.8 Å². The van der Waals surface area contributed by atoms with E-state index in [2.05, 4.69) is 15.1 Å². The summed E-state index contributed by atoms with van der Waals surface area (Å²) in [4.78, 5) is 9.45. The fourth-order valence-electron chi connectivity index (χ4n) is 2.65. The van der Waals surface area contributed by atoms with Gasteiger partial charge >= 0.3 is 6.18 Å². The number of anilines is 1. The maximum atomic E-state index is 12.9. The molecule has 0 aromatic carbocycles. The molecule has 3 heterocycles. The minimum atomic E-state index is -4.57. The van der Waals surface area contributed by atoms with Crippen LogP contribution < -0.4 is 4.90 Å². The molecule has 9 heteroatoms. The first-order valence-electron chi connectivity index (χ1n) is 6.95. The molecular formula is C14H12F3N5O. The molecule has 0 amide bonds. The van der Waals surface area contributed by atoms with Crippen LogP contribution in [-0.2, 0) is 6.18 Å². The first-order chi connectivity index (χ1) is 10.9. The Balaban J connectivity index is 2.04. The van der Waals surface area contributed by atoms with Crippen LogP contribution in [0.2, 0.25) is 0 Å². The second-order valence-corrected chi connectivity index (χ2v) is 5.20. The van der Waals surface area contributed by atoms with Crippen LogP contribution in [0.15, 0.2) is 16.7 Å². The average Bonchev–Trinajstić information content (AvgIpc) is 3.13. The Morgan fingerprint density at radius 2 is 2.13 bits per heavy atom. The summed E-state index contributed by atoms with van der Waals surface area (Å²) in [6.07, 6.45) is -3.18. The summed E-state index contributed by atoms with van der Waals surface area (Å²) in [5.41, 5.74) is -0.938. The third-order valence-corrected chi connectivity index (χ3v) is 3.65. The van der Waals surface area contributed by atoms with Gasteiger partial charge in [-0.05, 0) is 25.0 Å². The predicted molar refractivity (Wildman–Crippen MR) is 72.3 cm³/mol. The van der Waals surface area contributed by atoms with E-state index in [9.17, 15) is 18.4 Å². The van der Waals surface area contributed by atoms with Gasteiger partial charge in [-0.15, -0.1) is 0 Å². The Labute approximate surface area is 129 Å². The van der Waals surface area contributed by atoms with Crippen molar-refractivity contribution in [3.05, 3.63) is 35.1 Å². The van der Waals surface area contributed by atoms with Crippen molar-refractivity contribution in [1.29, 1.82) is 5.26 Å². The highest BCUT2D eigenvalue weighted by Crippen LogP contribution is 2.37. The summed E-state index contributed by atoms with van der Waals surface area (Å²) in [6.45, 7) is 2.11. The van der Waals surface area contributed by atoms with E-state index in [-0.39, 0.29) is 17.4 Å². The minimum absolute atomic E-state index is 0.00674. The highest BCUT2D eigenvalue weighted by atomic mass is 19.4. The number of hydrogen-bond acceptors (Lipinski definition) is 6. The molecule has 120 valence electrons. The van der Waals surface area contributed by atoms with Gasteiger partial charge in [0.05, 0.1) is 11.6 Å². The van der Waals surface area contributed by atoms with Crippen LogP contribution in [0.5, 0.6) is 0 Å². The largest absolute Gasteiger partial charge is 0.433 e. The van der Waals surface area contributed by atoms with Gasteiger partial charge < -0.3 is 9.42 Å². The van der Waals surface area contributed by atoms with Gasteiger partial charge in [0.2, 0.25) is 5.89 Å². The zero-order valence-electron chi connectivity index (χ0n) is 12.1. The fraction of sp³-hybridized carbons (Fsp3) is 0.429. The van der Waals surface area contributed by atoms with Crippen molar-refractivity contribution in [3.8, 4) is 6.07 Å². The molecule has 0 spiro atoms. The van der Waals surface area contributed by atoms with Crippen LogP contribution >= 0.6 is 0 Å². The van der Waals surface area contributed by atoms with Crippen LogP contribution in [0, 0.1) is 18.3 Å². The number of rotatable bonds is 2. The maximum Gasteiger partial charge on any atom is 0.433 e. The monoisotopic (exact) mass is 323 g/mol. The lowest BCUT2D eigenvalue weighted by molar-refractivity contribution is -0.141. The molecule has 3 rings (SSSR count). The first-order valence-corrected chi connectivity index (χ1v) is 6.95. The van der Waals surface area contributed by atoms with Crippen molar-refractivity contribution in [2.75, 3.05) is 11.4 Å². The molecule has 23 heavy (non-hydrogen) atoms. The van der Waals surface area contributed by atoms with Crippen molar-refractivity contribution in [1.82, 2.24) is 15.1 Å². The molecule has 0 radical (unpaired) electrons. The number of nitrogens with zero attached hydrogens (tertiary/aromatic N) is 5. The number of aromatic nitrogens is 3. The van der Waals surface area contributed by atoms with Crippen molar-refractivity contribution in [2.24, 2.45) is 0 Å². The number of aryl methyl sites for hydroxylation is 1. The molecule has 0 unspecified atom stereocenters. The van der Waals surface area contributed by atoms with Gasteiger partial charge in [-0.1, -0.05) is 5.16 Å². The van der Waals surface area contributed by atoms with Gasteiger partial charge in [0, 0.05) is 13.5 Å². The number of pyridine rings is 1.